The highest BCUT2D eigenvalue weighted by molar-refractivity contribution is 5.78. The molecule has 0 unspecified atom stereocenters. The molecule has 4 rings (SSSR count). The molecule has 0 bridgehead atoms. The van der Waals surface area contributed by atoms with E-state index >= 15 is 0 Å². The predicted octanol–water partition coefficient (Wildman–Crippen LogP) is 9.90. The minimum Gasteiger partial charge on any atom is -0.300 e. The number of carbonyl (C=O) groups is 1. The van der Waals surface area contributed by atoms with Crippen molar-refractivity contribution in [1.29, 1.82) is 0 Å². The van der Waals surface area contributed by atoms with Gasteiger partial charge in [0, 0.05) is 12.8 Å². The van der Waals surface area contributed by atoms with E-state index in [1.165, 1.54) is 88.2 Å². The van der Waals surface area contributed by atoms with Crippen LogP contribution in [0.3, 0.4) is 0 Å². The number of halogens is 2. The van der Waals surface area contributed by atoms with E-state index in [4.69, 9.17) is 0 Å². The molecule has 0 radical (unpaired) electrons. The second-order valence-electron chi connectivity index (χ2n) is 11.6. The molecule has 2 saturated carbocycles. The second kappa shape index (κ2) is 14.1. The molecule has 0 N–H and O–H groups in total. The lowest BCUT2D eigenvalue weighted by atomic mass is 9.77. The maximum Gasteiger partial charge on any atom is 0.132 e. The van der Waals surface area contributed by atoms with Crippen LogP contribution in [0, 0.1) is 23.5 Å². The first kappa shape index (κ1) is 27.0. The summed E-state index contributed by atoms with van der Waals surface area (Å²) in [6, 6.07) is 14.1. The molecular weight excluding hydrogens is 450 g/mol. The first-order valence-electron chi connectivity index (χ1n) is 14.6. The maximum absolute atomic E-state index is 13.1. The normalized spacial score (nSPS) is 24.5. The zero-order valence-electron chi connectivity index (χ0n) is 21.9. The average molecular weight is 495 g/mol. The molecule has 0 aliphatic heterocycles. The molecule has 0 atom stereocenters. The van der Waals surface area contributed by atoms with Gasteiger partial charge < -0.3 is 0 Å². The number of hydrogen-bond acceptors (Lipinski definition) is 1. The van der Waals surface area contributed by atoms with Crippen LogP contribution in [0.1, 0.15) is 126 Å². The third-order valence-corrected chi connectivity index (χ3v) is 9.01. The monoisotopic (exact) mass is 494 g/mol. The Kier molecular flexibility index (Phi) is 10.5. The van der Waals surface area contributed by atoms with Gasteiger partial charge in [-0.05, 0) is 123 Å². The summed E-state index contributed by atoms with van der Waals surface area (Å²) >= 11 is 0. The van der Waals surface area contributed by atoms with Crippen LogP contribution < -0.4 is 0 Å². The third-order valence-electron chi connectivity index (χ3n) is 9.01. The summed E-state index contributed by atoms with van der Waals surface area (Å²) in [7, 11) is 0. The van der Waals surface area contributed by atoms with Gasteiger partial charge in [-0.3, -0.25) is 4.79 Å². The van der Waals surface area contributed by atoms with Gasteiger partial charge in [-0.15, -0.1) is 0 Å². The third kappa shape index (κ3) is 8.53. The second-order valence-corrected chi connectivity index (χ2v) is 11.6. The Morgan fingerprint density at radius 1 is 0.556 bits per heavy atom. The van der Waals surface area contributed by atoms with Crippen LogP contribution in [0.5, 0.6) is 0 Å². The van der Waals surface area contributed by atoms with Crippen molar-refractivity contribution in [3.8, 4) is 0 Å². The Balaban J connectivity index is 0.993. The molecule has 2 aliphatic rings. The number of hydrogen-bond donors (Lipinski definition) is 0. The molecule has 1 nitrogen and oxygen atoms in total. The molecular formula is C33H44F2O. The van der Waals surface area contributed by atoms with E-state index in [-0.39, 0.29) is 11.6 Å². The van der Waals surface area contributed by atoms with Gasteiger partial charge in [0.1, 0.15) is 17.4 Å². The van der Waals surface area contributed by atoms with E-state index in [0.717, 1.165) is 37.5 Å². The summed E-state index contributed by atoms with van der Waals surface area (Å²) in [6.07, 6.45) is 18.4. The molecule has 2 aromatic rings. The van der Waals surface area contributed by atoms with Gasteiger partial charge in [-0.25, -0.2) is 8.78 Å². The van der Waals surface area contributed by atoms with Crippen molar-refractivity contribution in [2.24, 2.45) is 11.8 Å². The van der Waals surface area contributed by atoms with Crippen LogP contribution in [0.15, 0.2) is 48.5 Å². The van der Waals surface area contributed by atoms with Crippen molar-refractivity contribution < 1.29 is 13.6 Å². The van der Waals surface area contributed by atoms with E-state index in [2.05, 4.69) is 0 Å². The zero-order valence-corrected chi connectivity index (χ0v) is 21.9. The van der Waals surface area contributed by atoms with E-state index in [0.29, 0.717) is 17.6 Å². The Morgan fingerprint density at radius 2 is 0.917 bits per heavy atom. The molecule has 0 heterocycles. The quantitative estimate of drug-likeness (QED) is 0.268. The molecule has 2 fully saturated rings. The fraction of sp³-hybridized carbons (Fsp3) is 0.606. The average Bonchev–Trinajstić information content (AvgIpc) is 2.91. The molecule has 0 saturated heterocycles. The Labute approximate surface area is 217 Å². The topological polar surface area (TPSA) is 17.1 Å². The summed E-state index contributed by atoms with van der Waals surface area (Å²) in [5.74, 6) is 2.94. The largest absolute Gasteiger partial charge is 0.300 e. The summed E-state index contributed by atoms with van der Waals surface area (Å²) in [5, 5.41) is 0. The van der Waals surface area contributed by atoms with Gasteiger partial charge in [0.25, 0.3) is 0 Å². The Hall–Kier alpha value is -2.03. The first-order chi connectivity index (χ1) is 17.6. The lowest BCUT2D eigenvalue weighted by molar-refractivity contribution is -0.119. The molecule has 36 heavy (non-hydrogen) atoms. The molecule has 196 valence electrons. The van der Waals surface area contributed by atoms with Gasteiger partial charge in [-0.1, -0.05) is 49.9 Å². The molecule has 0 aromatic heterocycles. The van der Waals surface area contributed by atoms with Gasteiger partial charge in [-0.2, -0.15) is 0 Å². The minimum atomic E-state index is -0.149. The van der Waals surface area contributed by atoms with E-state index in [9.17, 15) is 13.6 Å². The maximum atomic E-state index is 13.1. The Bertz CT molecular complexity index is 828. The predicted molar refractivity (Wildman–Crippen MR) is 144 cm³/mol. The van der Waals surface area contributed by atoms with Crippen molar-refractivity contribution in [2.45, 2.75) is 115 Å². The summed E-state index contributed by atoms with van der Waals surface area (Å²) in [4.78, 5) is 12.3. The lowest BCUT2D eigenvalue weighted by Gasteiger charge is -2.29. The molecule has 0 amide bonds. The number of Topliss-reactive ketones (excluding diaryl/α,β-unsaturated/α-hetero) is 1. The van der Waals surface area contributed by atoms with Crippen LogP contribution in [0.25, 0.3) is 0 Å². The zero-order chi connectivity index (χ0) is 25.2. The highest BCUT2D eigenvalue weighted by Gasteiger charge is 2.23. The summed E-state index contributed by atoms with van der Waals surface area (Å²) in [6.45, 7) is 0. The van der Waals surface area contributed by atoms with Gasteiger partial charge in [0.05, 0.1) is 0 Å². The fourth-order valence-corrected chi connectivity index (χ4v) is 6.67. The lowest BCUT2D eigenvalue weighted by Crippen LogP contribution is -2.13. The highest BCUT2D eigenvalue weighted by atomic mass is 19.1. The minimum absolute atomic E-state index is 0.149. The van der Waals surface area contributed by atoms with Crippen LogP contribution in [0.4, 0.5) is 8.78 Å². The van der Waals surface area contributed by atoms with Gasteiger partial charge in [0.15, 0.2) is 0 Å². The number of benzene rings is 2. The standard InChI is InChI=1S/C33H44F2O/c34-31-21-17-29(18-22-31)27-13-9-25(10-14-27)5-1-3-7-33(36)8-4-2-6-26-11-15-28(16-12-26)30-19-23-32(35)24-20-30/h17-28H,1-16H2/t25-,26?,27-,28?. The van der Waals surface area contributed by atoms with Crippen molar-refractivity contribution >= 4 is 5.78 Å². The number of carbonyl (C=O) groups excluding carboxylic acids is 1. The van der Waals surface area contributed by atoms with E-state index < -0.39 is 0 Å². The van der Waals surface area contributed by atoms with Crippen LogP contribution in [0.2, 0.25) is 0 Å². The van der Waals surface area contributed by atoms with Gasteiger partial charge >= 0.3 is 0 Å². The van der Waals surface area contributed by atoms with Gasteiger partial charge in [0.2, 0.25) is 0 Å². The first-order valence-corrected chi connectivity index (χ1v) is 14.6. The van der Waals surface area contributed by atoms with Crippen molar-refractivity contribution in [1.82, 2.24) is 0 Å². The van der Waals surface area contributed by atoms with E-state index in [1.807, 2.05) is 24.3 Å². The number of unbranched alkanes of at least 4 members (excludes halogenated alkanes) is 2. The number of rotatable bonds is 12. The van der Waals surface area contributed by atoms with Crippen LogP contribution >= 0.6 is 0 Å². The number of ketones is 1. The van der Waals surface area contributed by atoms with E-state index in [1.54, 1.807) is 24.3 Å². The van der Waals surface area contributed by atoms with Crippen LogP contribution in [-0.2, 0) is 4.79 Å². The van der Waals surface area contributed by atoms with Crippen molar-refractivity contribution in [3.63, 3.8) is 0 Å². The smallest absolute Gasteiger partial charge is 0.132 e. The highest BCUT2D eigenvalue weighted by Crippen LogP contribution is 2.39. The summed E-state index contributed by atoms with van der Waals surface area (Å²) < 4.78 is 26.3. The fourth-order valence-electron chi connectivity index (χ4n) is 6.67. The van der Waals surface area contributed by atoms with Crippen LogP contribution in [-0.4, -0.2) is 5.78 Å². The molecule has 3 heteroatoms. The Morgan fingerprint density at radius 3 is 1.28 bits per heavy atom. The molecule has 0 spiro atoms. The summed E-state index contributed by atoms with van der Waals surface area (Å²) in [5.41, 5.74) is 2.58. The SMILES string of the molecule is O=C(CCCCC1CCC(c2ccc(F)cc2)CC1)CCCC[C@H]1CC[C@H](c2ccc(F)cc2)CC1. The molecule has 2 aromatic carbocycles. The van der Waals surface area contributed by atoms with Crippen molar-refractivity contribution in [2.75, 3.05) is 0 Å². The molecule has 2 aliphatic carbocycles. The van der Waals surface area contributed by atoms with Crippen molar-refractivity contribution in [3.05, 3.63) is 71.3 Å².